The highest BCUT2D eigenvalue weighted by atomic mass is 16.2. The lowest BCUT2D eigenvalue weighted by Crippen LogP contribution is -2.51. The largest absolute Gasteiger partial charge is 0.353 e. The first kappa shape index (κ1) is 18.3. The van der Waals surface area contributed by atoms with Crippen LogP contribution >= 0.6 is 0 Å². The molecule has 0 atom stereocenters. The molecule has 146 valence electrons. The van der Waals surface area contributed by atoms with Crippen LogP contribution in [0.1, 0.15) is 5.56 Å². The maximum Gasteiger partial charge on any atom is 0.325 e. The van der Waals surface area contributed by atoms with Gasteiger partial charge < -0.3 is 14.7 Å². The molecule has 4 rings (SSSR count). The first-order chi connectivity index (χ1) is 13.6. The molecule has 3 heterocycles. The van der Waals surface area contributed by atoms with Crippen LogP contribution in [0.2, 0.25) is 0 Å². The van der Waals surface area contributed by atoms with E-state index in [1.165, 1.54) is 0 Å². The SMILES string of the molecule is Cc1ccc(N2CCN(CC(=O)N3CCN(c4ccccn4)CC3)C2=O)cc1. The van der Waals surface area contributed by atoms with Gasteiger partial charge in [-0.3, -0.25) is 9.69 Å². The van der Waals surface area contributed by atoms with Crippen LogP contribution in [-0.2, 0) is 4.79 Å². The van der Waals surface area contributed by atoms with Gasteiger partial charge in [0, 0.05) is 51.2 Å². The van der Waals surface area contributed by atoms with Crippen molar-refractivity contribution < 1.29 is 9.59 Å². The van der Waals surface area contributed by atoms with Gasteiger partial charge in [0.25, 0.3) is 0 Å². The van der Waals surface area contributed by atoms with E-state index in [1.54, 1.807) is 16.0 Å². The molecule has 1 aromatic heterocycles. The fraction of sp³-hybridized carbons (Fsp3) is 0.381. The Balaban J connectivity index is 1.31. The zero-order chi connectivity index (χ0) is 19.5. The van der Waals surface area contributed by atoms with Gasteiger partial charge in [0.1, 0.15) is 12.4 Å². The highest BCUT2D eigenvalue weighted by molar-refractivity contribution is 5.96. The van der Waals surface area contributed by atoms with Crippen LogP contribution in [0.15, 0.2) is 48.7 Å². The number of pyridine rings is 1. The summed E-state index contributed by atoms with van der Waals surface area (Å²) in [7, 11) is 0. The normalized spacial score (nSPS) is 17.4. The van der Waals surface area contributed by atoms with Crippen molar-refractivity contribution in [2.24, 2.45) is 0 Å². The van der Waals surface area contributed by atoms with Crippen LogP contribution in [0.5, 0.6) is 0 Å². The van der Waals surface area contributed by atoms with E-state index in [0.717, 1.165) is 30.2 Å². The molecule has 0 unspecified atom stereocenters. The van der Waals surface area contributed by atoms with E-state index in [1.807, 2.05) is 54.3 Å². The molecule has 2 aromatic rings. The van der Waals surface area contributed by atoms with Gasteiger partial charge in [0.2, 0.25) is 5.91 Å². The van der Waals surface area contributed by atoms with E-state index in [-0.39, 0.29) is 18.5 Å². The second-order valence-electron chi connectivity index (χ2n) is 7.25. The maximum absolute atomic E-state index is 12.7. The van der Waals surface area contributed by atoms with Crippen LogP contribution in [0.4, 0.5) is 16.3 Å². The Morgan fingerprint density at radius 3 is 2.39 bits per heavy atom. The molecule has 2 saturated heterocycles. The lowest BCUT2D eigenvalue weighted by molar-refractivity contribution is -0.131. The minimum atomic E-state index is -0.0932. The van der Waals surface area contributed by atoms with Gasteiger partial charge in [-0.25, -0.2) is 9.78 Å². The quantitative estimate of drug-likeness (QED) is 0.815. The number of aryl methyl sites for hydroxylation is 1. The van der Waals surface area contributed by atoms with Crippen LogP contribution in [0.3, 0.4) is 0 Å². The van der Waals surface area contributed by atoms with E-state index >= 15 is 0 Å². The summed E-state index contributed by atoms with van der Waals surface area (Å²) in [5.41, 5.74) is 2.04. The van der Waals surface area contributed by atoms with Crippen molar-refractivity contribution in [1.82, 2.24) is 14.8 Å². The summed E-state index contributed by atoms with van der Waals surface area (Å²) in [6.45, 7) is 6.17. The standard InChI is InChI=1S/C21H25N5O2/c1-17-5-7-18(8-6-17)26-15-14-25(21(26)28)16-20(27)24-12-10-23(11-13-24)19-4-2-3-9-22-19/h2-9H,10-16H2,1H3. The number of hydrogen-bond acceptors (Lipinski definition) is 4. The van der Waals surface area contributed by atoms with Crippen molar-refractivity contribution in [1.29, 1.82) is 0 Å². The van der Waals surface area contributed by atoms with Gasteiger partial charge in [0.05, 0.1) is 0 Å². The summed E-state index contributed by atoms with van der Waals surface area (Å²) >= 11 is 0. The zero-order valence-corrected chi connectivity index (χ0v) is 16.1. The lowest BCUT2D eigenvalue weighted by Gasteiger charge is -2.36. The van der Waals surface area contributed by atoms with E-state index in [4.69, 9.17) is 0 Å². The van der Waals surface area contributed by atoms with Gasteiger partial charge in [0.15, 0.2) is 0 Å². The minimum absolute atomic E-state index is 0.0137. The Morgan fingerprint density at radius 2 is 1.71 bits per heavy atom. The van der Waals surface area contributed by atoms with Gasteiger partial charge in [-0.05, 0) is 31.2 Å². The lowest BCUT2D eigenvalue weighted by atomic mass is 10.2. The third kappa shape index (κ3) is 3.78. The minimum Gasteiger partial charge on any atom is -0.353 e. The number of amides is 3. The fourth-order valence-corrected chi connectivity index (χ4v) is 3.68. The summed E-state index contributed by atoms with van der Waals surface area (Å²) in [4.78, 5) is 37.2. The van der Waals surface area contributed by atoms with Gasteiger partial charge in [-0.2, -0.15) is 0 Å². The Labute approximate surface area is 165 Å². The number of carbonyl (C=O) groups excluding carboxylic acids is 2. The smallest absolute Gasteiger partial charge is 0.325 e. The van der Waals surface area contributed by atoms with Crippen molar-refractivity contribution in [2.75, 3.05) is 55.6 Å². The molecule has 0 N–H and O–H groups in total. The third-order valence-electron chi connectivity index (χ3n) is 5.37. The summed E-state index contributed by atoms with van der Waals surface area (Å²) in [6.07, 6.45) is 1.78. The molecule has 2 aliphatic heterocycles. The summed E-state index contributed by atoms with van der Waals surface area (Å²) in [6, 6.07) is 13.7. The number of piperazine rings is 1. The Morgan fingerprint density at radius 1 is 0.964 bits per heavy atom. The molecule has 0 radical (unpaired) electrons. The van der Waals surface area contributed by atoms with Crippen molar-refractivity contribution in [2.45, 2.75) is 6.92 Å². The molecule has 2 aliphatic rings. The molecule has 28 heavy (non-hydrogen) atoms. The number of carbonyl (C=O) groups is 2. The van der Waals surface area contributed by atoms with Crippen LogP contribution in [0, 0.1) is 6.92 Å². The zero-order valence-electron chi connectivity index (χ0n) is 16.1. The molecular formula is C21H25N5O2. The molecule has 1 aromatic carbocycles. The summed E-state index contributed by atoms with van der Waals surface area (Å²) in [5, 5.41) is 0. The first-order valence-electron chi connectivity index (χ1n) is 9.69. The van der Waals surface area contributed by atoms with Crippen molar-refractivity contribution >= 4 is 23.4 Å². The summed E-state index contributed by atoms with van der Waals surface area (Å²) in [5.74, 6) is 0.956. The van der Waals surface area contributed by atoms with Crippen molar-refractivity contribution in [3.8, 4) is 0 Å². The Bertz CT molecular complexity index is 832. The highest BCUT2D eigenvalue weighted by Crippen LogP contribution is 2.21. The number of nitrogens with zero attached hydrogens (tertiary/aromatic N) is 5. The predicted molar refractivity (Wildman–Crippen MR) is 109 cm³/mol. The maximum atomic E-state index is 12.7. The van der Waals surface area contributed by atoms with E-state index in [9.17, 15) is 9.59 Å². The third-order valence-corrected chi connectivity index (χ3v) is 5.37. The van der Waals surface area contributed by atoms with Gasteiger partial charge in [-0.15, -0.1) is 0 Å². The number of aromatic nitrogens is 1. The van der Waals surface area contributed by atoms with Gasteiger partial charge >= 0.3 is 6.03 Å². The fourth-order valence-electron chi connectivity index (χ4n) is 3.68. The molecular weight excluding hydrogens is 354 g/mol. The number of rotatable bonds is 4. The molecule has 0 spiro atoms. The molecule has 7 nitrogen and oxygen atoms in total. The second-order valence-corrected chi connectivity index (χ2v) is 7.25. The van der Waals surface area contributed by atoms with Gasteiger partial charge in [-0.1, -0.05) is 23.8 Å². The van der Waals surface area contributed by atoms with E-state index in [2.05, 4.69) is 9.88 Å². The number of urea groups is 1. The molecule has 7 heteroatoms. The number of hydrogen-bond donors (Lipinski definition) is 0. The average Bonchev–Trinajstić information content (AvgIpc) is 3.09. The van der Waals surface area contributed by atoms with Crippen molar-refractivity contribution in [3.05, 3.63) is 54.2 Å². The topological polar surface area (TPSA) is 60.0 Å². The first-order valence-corrected chi connectivity index (χ1v) is 9.69. The second kappa shape index (κ2) is 7.88. The average molecular weight is 379 g/mol. The predicted octanol–water partition coefficient (Wildman–Crippen LogP) is 1.98. The molecule has 0 bridgehead atoms. The highest BCUT2D eigenvalue weighted by Gasteiger charge is 2.32. The van der Waals surface area contributed by atoms with E-state index < -0.39 is 0 Å². The van der Waals surface area contributed by atoms with Crippen LogP contribution < -0.4 is 9.80 Å². The molecule has 3 amide bonds. The molecule has 0 aliphatic carbocycles. The van der Waals surface area contributed by atoms with Crippen LogP contribution in [0.25, 0.3) is 0 Å². The summed E-state index contributed by atoms with van der Waals surface area (Å²) < 4.78 is 0. The Kier molecular flexibility index (Phi) is 5.14. The van der Waals surface area contributed by atoms with Crippen molar-refractivity contribution in [3.63, 3.8) is 0 Å². The number of benzene rings is 1. The number of anilines is 2. The molecule has 0 saturated carbocycles. The monoisotopic (exact) mass is 379 g/mol. The van der Waals surface area contributed by atoms with E-state index in [0.29, 0.717) is 26.2 Å². The Hall–Kier alpha value is -3.09. The molecule has 2 fully saturated rings. The van der Waals surface area contributed by atoms with Crippen LogP contribution in [-0.4, -0.2) is 72.5 Å².